The fraction of sp³-hybridized carbons (Fsp3) is 0.450. The molecule has 3 unspecified atom stereocenters. The Bertz CT molecular complexity index is 1200. The second kappa shape index (κ2) is 10.5. The zero-order chi connectivity index (χ0) is 25.2. The highest BCUT2D eigenvalue weighted by atomic mass is 79.9. The molecule has 3 N–H and O–H groups in total. The summed E-state index contributed by atoms with van der Waals surface area (Å²) in [5.41, 5.74) is -1.10. The Kier molecular flexibility index (Phi) is 7.86. The van der Waals surface area contributed by atoms with Gasteiger partial charge in [0.1, 0.15) is 18.8 Å². The number of aliphatic hydroxyl groups excluding tert-OH is 2. The maximum absolute atomic E-state index is 12.3. The number of aryl methyl sites for hydroxylation is 1. The van der Waals surface area contributed by atoms with E-state index >= 15 is 0 Å². The van der Waals surface area contributed by atoms with Crippen molar-refractivity contribution in [2.45, 2.75) is 44.3 Å². The second-order valence-corrected chi connectivity index (χ2v) is 8.64. The van der Waals surface area contributed by atoms with Crippen molar-refractivity contribution in [2.24, 2.45) is 0 Å². The fourth-order valence-corrected chi connectivity index (χ4v) is 3.91. The summed E-state index contributed by atoms with van der Waals surface area (Å²) >= 11 is 3.25. The van der Waals surface area contributed by atoms with E-state index in [1.54, 1.807) is 13.0 Å². The van der Waals surface area contributed by atoms with Gasteiger partial charge in [0.25, 0.3) is 11.2 Å². The summed E-state index contributed by atoms with van der Waals surface area (Å²) in [4.78, 5) is 48.8. The van der Waals surface area contributed by atoms with Gasteiger partial charge in [-0.25, -0.2) is 9.59 Å². The molecule has 1 aliphatic rings. The first-order valence-corrected chi connectivity index (χ1v) is 10.9. The van der Waals surface area contributed by atoms with Crippen LogP contribution in [-0.2, 0) is 14.2 Å². The number of benzene rings is 1. The smallest absolute Gasteiger partial charge is 0.434 e. The molecule has 2 aromatic rings. The first-order chi connectivity index (χ1) is 16.0. The molecule has 1 aromatic carbocycles. The number of rotatable bonds is 7. The van der Waals surface area contributed by atoms with Crippen LogP contribution in [0.5, 0.6) is 0 Å². The highest BCUT2D eigenvalue weighted by Crippen LogP contribution is 2.32. The van der Waals surface area contributed by atoms with Crippen molar-refractivity contribution in [1.29, 1.82) is 0 Å². The van der Waals surface area contributed by atoms with E-state index in [1.807, 2.05) is 0 Å². The van der Waals surface area contributed by atoms with Gasteiger partial charge in [0, 0.05) is 33.8 Å². The van der Waals surface area contributed by atoms with E-state index in [0.29, 0.717) is 10.0 Å². The quantitative estimate of drug-likeness (QED) is 0.259. The van der Waals surface area contributed by atoms with E-state index in [2.05, 4.69) is 20.9 Å². The molecule has 0 amide bonds. The van der Waals surface area contributed by atoms with Gasteiger partial charge in [-0.15, -0.1) is 0 Å². The number of carbonyl (C=O) groups is 1. The van der Waals surface area contributed by atoms with E-state index in [0.717, 1.165) is 4.57 Å². The monoisotopic (exact) mass is 543 g/mol. The molecule has 5 atom stereocenters. The number of nitrogens with zero attached hydrogens (tertiary/aromatic N) is 2. The molecule has 0 spiro atoms. The number of hydrogen-bond acceptors (Lipinski definition) is 10. The molecule has 0 aliphatic carbocycles. The van der Waals surface area contributed by atoms with Crippen LogP contribution in [0.15, 0.2) is 38.5 Å². The largest absolute Gasteiger partial charge is 0.508 e. The molecular weight excluding hydrogens is 522 g/mol. The molecule has 13 nitrogen and oxygen atoms in total. The minimum Gasteiger partial charge on any atom is -0.434 e. The van der Waals surface area contributed by atoms with Crippen molar-refractivity contribution in [1.82, 2.24) is 9.55 Å². The Morgan fingerprint density at radius 3 is 2.76 bits per heavy atom. The number of nitro groups is 1. The van der Waals surface area contributed by atoms with Gasteiger partial charge in [-0.1, -0.05) is 22.9 Å². The maximum Gasteiger partial charge on any atom is 0.508 e. The molecule has 0 bridgehead atoms. The van der Waals surface area contributed by atoms with Gasteiger partial charge >= 0.3 is 11.8 Å². The molecule has 34 heavy (non-hydrogen) atoms. The minimum atomic E-state index is -1.57. The van der Waals surface area contributed by atoms with Crippen molar-refractivity contribution in [3.63, 3.8) is 0 Å². The summed E-state index contributed by atoms with van der Waals surface area (Å²) in [6.45, 7) is 2.14. The van der Waals surface area contributed by atoms with Gasteiger partial charge in [0.2, 0.25) is 0 Å². The summed E-state index contributed by atoms with van der Waals surface area (Å²) in [5.74, 6) is -0.570. The van der Waals surface area contributed by atoms with E-state index in [1.165, 1.54) is 25.3 Å². The van der Waals surface area contributed by atoms with Gasteiger partial charge in [0.15, 0.2) is 12.3 Å². The number of hydrogen-bond donors (Lipinski definition) is 3. The number of nitro benzene ring substituents is 1. The molecule has 184 valence electrons. The van der Waals surface area contributed by atoms with Crippen LogP contribution in [-0.4, -0.2) is 62.4 Å². The van der Waals surface area contributed by atoms with Crippen molar-refractivity contribution in [2.75, 3.05) is 13.2 Å². The third-order valence-corrected chi connectivity index (χ3v) is 5.80. The zero-order valence-corrected chi connectivity index (χ0v) is 19.6. The standard InChI is InChI=1S/C20H22BrN3O10/c1-9-6-23(19(28)22-17(9)27)18-15(26)16(14(7-25)33-18)34-20(29)32-8-10(2)12-5-11(21)3-4-13(12)24(30)31/h3-6,10,14-16,18,25-26H,7-8H2,1-2H3,(H,22,27,28)/t10?,14-,15?,16?,18-/m1/s1. The van der Waals surface area contributed by atoms with Gasteiger partial charge < -0.3 is 24.4 Å². The molecular formula is C20H22BrN3O10. The topological polar surface area (TPSA) is 183 Å². The molecule has 1 saturated heterocycles. The minimum absolute atomic E-state index is 0.142. The third kappa shape index (κ3) is 5.35. The Labute approximate surface area is 200 Å². The predicted molar refractivity (Wildman–Crippen MR) is 118 cm³/mol. The van der Waals surface area contributed by atoms with Crippen molar-refractivity contribution < 1.29 is 34.1 Å². The number of H-pyrrole nitrogens is 1. The first-order valence-electron chi connectivity index (χ1n) is 10.1. The Morgan fingerprint density at radius 2 is 2.12 bits per heavy atom. The molecule has 1 fully saturated rings. The van der Waals surface area contributed by atoms with Gasteiger partial charge in [0.05, 0.1) is 11.5 Å². The van der Waals surface area contributed by atoms with E-state index in [-0.39, 0.29) is 17.9 Å². The number of halogens is 1. The normalized spacial score (nSPS) is 22.9. The molecule has 3 rings (SSSR count). The number of nitrogens with one attached hydrogen (secondary N) is 1. The summed E-state index contributed by atoms with van der Waals surface area (Å²) < 4.78 is 17.2. The molecule has 1 aliphatic heterocycles. The van der Waals surface area contributed by atoms with E-state index in [9.17, 15) is 34.7 Å². The first kappa shape index (κ1) is 25.6. The van der Waals surface area contributed by atoms with Crippen LogP contribution < -0.4 is 11.2 Å². The lowest BCUT2D eigenvalue weighted by Crippen LogP contribution is -2.40. The Balaban J connectivity index is 1.69. The highest BCUT2D eigenvalue weighted by molar-refractivity contribution is 9.10. The van der Waals surface area contributed by atoms with Crippen molar-refractivity contribution in [3.8, 4) is 0 Å². The van der Waals surface area contributed by atoms with Crippen LogP contribution in [0.25, 0.3) is 0 Å². The Hall–Kier alpha value is -3.07. The molecule has 1 aromatic heterocycles. The van der Waals surface area contributed by atoms with Crippen LogP contribution >= 0.6 is 15.9 Å². The number of aromatic amines is 1. The van der Waals surface area contributed by atoms with Crippen LogP contribution in [0.4, 0.5) is 10.5 Å². The van der Waals surface area contributed by atoms with Crippen molar-refractivity contribution >= 4 is 27.8 Å². The number of aromatic nitrogens is 2. The molecule has 14 heteroatoms. The summed E-state index contributed by atoms with van der Waals surface area (Å²) in [7, 11) is 0. The molecule has 0 saturated carbocycles. The number of aliphatic hydroxyl groups is 2. The second-order valence-electron chi connectivity index (χ2n) is 7.72. The van der Waals surface area contributed by atoms with Crippen LogP contribution in [0.1, 0.15) is 30.2 Å². The third-order valence-electron chi connectivity index (χ3n) is 5.31. The highest BCUT2D eigenvalue weighted by Gasteiger charge is 2.47. The summed E-state index contributed by atoms with van der Waals surface area (Å²) in [5, 5.41) is 31.5. The van der Waals surface area contributed by atoms with Crippen LogP contribution in [0.2, 0.25) is 0 Å². The summed E-state index contributed by atoms with van der Waals surface area (Å²) in [6, 6.07) is 4.39. The molecule has 0 radical (unpaired) electrons. The van der Waals surface area contributed by atoms with Crippen LogP contribution in [0, 0.1) is 17.0 Å². The lowest BCUT2D eigenvalue weighted by atomic mass is 10.0. The SMILES string of the molecule is Cc1cn([C@@H]2O[C@H](CO)C(OC(=O)OCC(C)c3cc(Br)ccc3[N+](=O)[O-])C2O)c(=O)[nH]c1=O. The molecule has 2 heterocycles. The Morgan fingerprint density at radius 1 is 1.41 bits per heavy atom. The maximum atomic E-state index is 12.3. The average Bonchev–Trinajstić information content (AvgIpc) is 3.09. The van der Waals surface area contributed by atoms with E-state index < -0.39 is 59.4 Å². The van der Waals surface area contributed by atoms with Gasteiger partial charge in [-0.3, -0.25) is 24.5 Å². The predicted octanol–water partition coefficient (Wildman–Crippen LogP) is 1.09. The zero-order valence-electron chi connectivity index (χ0n) is 18.0. The number of ether oxygens (including phenoxy) is 3. The van der Waals surface area contributed by atoms with Crippen LogP contribution in [0.3, 0.4) is 0 Å². The lowest BCUT2D eigenvalue weighted by Gasteiger charge is -2.20. The lowest BCUT2D eigenvalue weighted by molar-refractivity contribution is -0.385. The van der Waals surface area contributed by atoms with Gasteiger partial charge in [-0.05, 0) is 19.1 Å². The fourth-order valence-electron chi connectivity index (χ4n) is 3.53. The average molecular weight is 544 g/mol. The number of carbonyl (C=O) groups excluding carboxylic acids is 1. The summed E-state index contributed by atoms with van der Waals surface area (Å²) in [6.07, 6.45) is -5.53. The van der Waals surface area contributed by atoms with Gasteiger partial charge in [-0.2, -0.15) is 0 Å². The van der Waals surface area contributed by atoms with Crippen molar-refractivity contribution in [3.05, 3.63) is 70.9 Å². The van der Waals surface area contributed by atoms with E-state index in [4.69, 9.17) is 14.2 Å².